The minimum absolute atomic E-state index is 0.0886. The van der Waals surface area contributed by atoms with Crippen molar-refractivity contribution < 1.29 is 4.79 Å². The number of rotatable bonds is 4. The average molecular weight is 382 g/mol. The SMILES string of the molecule is C#Cc1cccc(Nc2ncnc3ccc(NC(=O)C=C4CCCCC4)cc23)c1. The number of amides is 1. The molecule has 1 aliphatic carbocycles. The third-order valence-electron chi connectivity index (χ3n) is 5.03. The topological polar surface area (TPSA) is 66.9 Å². The Morgan fingerprint density at radius 2 is 1.90 bits per heavy atom. The van der Waals surface area contributed by atoms with Crippen LogP contribution < -0.4 is 10.6 Å². The predicted molar refractivity (Wildman–Crippen MR) is 117 cm³/mol. The summed E-state index contributed by atoms with van der Waals surface area (Å²) in [5, 5.41) is 7.08. The second kappa shape index (κ2) is 8.57. The van der Waals surface area contributed by atoms with Crippen molar-refractivity contribution in [2.24, 2.45) is 0 Å². The van der Waals surface area contributed by atoms with Gasteiger partial charge in [-0.3, -0.25) is 4.79 Å². The van der Waals surface area contributed by atoms with Crippen LogP contribution in [-0.4, -0.2) is 15.9 Å². The summed E-state index contributed by atoms with van der Waals surface area (Å²) in [4.78, 5) is 21.1. The molecule has 2 aromatic carbocycles. The summed E-state index contributed by atoms with van der Waals surface area (Å²) in [5.41, 5.74) is 4.37. The van der Waals surface area contributed by atoms with Crippen LogP contribution in [0.4, 0.5) is 17.2 Å². The van der Waals surface area contributed by atoms with Gasteiger partial charge in [-0.05, 0) is 62.1 Å². The van der Waals surface area contributed by atoms with Crippen LogP contribution in [0.1, 0.15) is 37.7 Å². The lowest BCUT2D eigenvalue weighted by Gasteiger charge is -2.13. The van der Waals surface area contributed by atoms with E-state index in [-0.39, 0.29) is 5.91 Å². The van der Waals surface area contributed by atoms with Gasteiger partial charge in [0.25, 0.3) is 0 Å². The Hall–Kier alpha value is -3.65. The maximum atomic E-state index is 12.4. The number of benzene rings is 2. The maximum Gasteiger partial charge on any atom is 0.248 e. The van der Waals surface area contributed by atoms with Gasteiger partial charge in [-0.1, -0.05) is 24.0 Å². The Kier molecular flexibility index (Phi) is 5.53. The van der Waals surface area contributed by atoms with Gasteiger partial charge in [-0.15, -0.1) is 6.42 Å². The lowest BCUT2D eigenvalue weighted by Crippen LogP contribution is -2.10. The molecule has 4 rings (SSSR count). The zero-order valence-corrected chi connectivity index (χ0v) is 16.1. The van der Waals surface area contributed by atoms with Gasteiger partial charge in [0.15, 0.2) is 0 Å². The first-order valence-electron chi connectivity index (χ1n) is 9.80. The summed E-state index contributed by atoms with van der Waals surface area (Å²) >= 11 is 0. The minimum atomic E-state index is -0.0886. The first-order chi connectivity index (χ1) is 14.2. The van der Waals surface area contributed by atoms with E-state index in [1.807, 2.05) is 42.5 Å². The van der Waals surface area contributed by atoms with Crippen molar-refractivity contribution in [2.75, 3.05) is 10.6 Å². The molecule has 144 valence electrons. The molecule has 0 unspecified atom stereocenters. The molecule has 1 amide bonds. The van der Waals surface area contributed by atoms with E-state index in [4.69, 9.17) is 6.42 Å². The highest BCUT2D eigenvalue weighted by atomic mass is 16.1. The highest BCUT2D eigenvalue weighted by Gasteiger charge is 2.10. The Bertz CT molecular complexity index is 1120. The fourth-order valence-electron chi connectivity index (χ4n) is 3.57. The molecule has 1 aromatic heterocycles. The zero-order chi connectivity index (χ0) is 20.1. The normalized spacial score (nSPS) is 13.6. The Morgan fingerprint density at radius 3 is 2.72 bits per heavy atom. The van der Waals surface area contributed by atoms with E-state index < -0.39 is 0 Å². The molecule has 0 bridgehead atoms. The summed E-state index contributed by atoms with van der Waals surface area (Å²) < 4.78 is 0. The largest absolute Gasteiger partial charge is 0.340 e. The Balaban J connectivity index is 1.58. The number of carbonyl (C=O) groups is 1. The van der Waals surface area contributed by atoms with Gasteiger partial charge in [0.2, 0.25) is 5.91 Å². The van der Waals surface area contributed by atoms with E-state index in [0.29, 0.717) is 11.5 Å². The van der Waals surface area contributed by atoms with Crippen LogP contribution in [0.15, 0.2) is 60.4 Å². The summed E-state index contributed by atoms with van der Waals surface area (Å²) in [6, 6.07) is 13.2. The van der Waals surface area contributed by atoms with E-state index >= 15 is 0 Å². The number of nitrogens with zero attached hydrogens (tertiary/aromatic N) is 2. The lowest BCUT2D eigenvalue weighted by molar-refractivity contribution is -0.112. The molecule has 1 saturated carbocycles. The molecule has 0 atom stereocenters. The number of nitrogens with one attached hydrogen (secondary N) is 2. The van der Waals surface area contributed by atoms with Gasteiger partial charge in [-0.2, -0.15) is 0 Å². The van der Waals surface area contributed by atoms with Gasteiger partial charge in [0.1, 0.15) is 12.1 Å². The third kappa shape index (κ3) is 4.61. The number of hydrogen-bond acceptors (Lipinski definition) is 4. The van der Waals surface area contributed by atoms with E-state index in [1.165, 1.54) is 31.2 Å². The van der Waals surface area contributed by atoms with Crippen molar-refractivity contribution in [1.82, 2.24) is 9.97 Å². The summed E-state index contributed by atoms with van der Waals surface area (Å²) in [6.45, 7) is 0. The lowest BCUT2D eigenvalue weighted by atomic mass is 9.94. The molecule has 5 nitrogen and oxygen atoms in total. The van der Waals surface area contributed by atoms with Crippen LogP contribution >= 0.6 is 0 Å². The molecule has 0 saturated heterocycles. The van der Waals surface area contributed by atoms with E-state index in [0.717, 1.165) is 35.0 Å². The van der Waals surface area contributed by atoms with Crippen molar-refractivity contribution >= 4 is 34.0 Å². The maximum absolute atomic E-state index is 12.4. The molecule has 0 spiro atoms. The molecular weight excluding hydrogens is 360 g/mol. The number of aromatic nitrogens is 2. The standard InChI is InChI=1S/C24H22N4O/c1-2-17-9-6-10-19(13-17)28-24-21-15-20(11-12-22(21)25-16-26-24)27-23(29)14-18-7-4-3-5-8-18/h1,6,9-16H,3-5,7-8H2,(H,27,29)(H,25,26,28). The van der Waals surface area contributed by atoms with Gasteiger partial charge >= 0.3 is 0 Å². The van der Waals surface area contributed by atoms with Crippen LogP contribution in [0.3, 0.4) is 0 Å². The molecule has 0 radical (unpaired) electrons. The van der Waals surface area contributed by atoms with Crippen LogP contribution in [0, 0.1) is 12.3 Å². The quantitative estimate of drug-likeness (QED) is 0.482. The van der Waals surface area contributed by atoms with Gasteiger partial charge < -0.3 is 10.6 Å². The molecule has 29 heavy (non-hydrogen) atoms. The second-order valence-corrected chi connectivity index (χ2v) is 7.16. The minimum Gasteiger partial charge on any atom is -0.340 e. The number of hydrogen-bond donors (Lipinski definition) is 2. The molecule has 5 heteroatoms. The molecule has 2 N–H and O–H groups in total. The summed E-state index contributed by atoms with van der Waals surface area (Å²) in [7, 11) is 0. The van der Waals surface area contributed by atoms with Crippen molar-refractivity contribution in [3.63, 3.8) is 0 Å². The van der Waals surface area contributed by atoms with Crippen LogP contribution in [-0.2, 0) is 4.79 Å². The van der Waals surface area contributed by atoms with Crippen LogP contribution in [0.2, 0.25) is 0 Å². The Labute approximate surface area is 170 Å². The highest BCUT2D eigenvalue weighted by molar-refractivity contribution is 6.02. The molecular formula is C24H22N4O. The highest BCUT2D eigenvalue weighted by Crippen LogP contribution is 2.27. The van der Waals surface area contributed by atoms with Crippen molar-refractivity contribution in [3.8, 4) is 12.3 Å². The van der Waals surface area contributed by atoms with E-state index in [2.05, 4.69) is 26.5 Å². The molecule has 1 fully saturated rings. The van der Waals surface area contributed by atoms with Crippen molar-refractivity contribution in [2.45, 2.75) is 32.1 Å². The summed E-state index contributed by atoms with van der Waals surface area (Å²) in [5.74, 6) is 3.20. The van der Waals surface area contributed by atoms with E-state index in [9.17, 15) is 4.79 Å². The van der Waals surface area contributed by atoms with Gasteiger partial charge in [-0.25, -0.2) is 9.97 Å². The molecule has 0 aliphatic heterocycles. The smallest absolute Gasteiger partial charge is 0.248 e. The van der Waals surface area contributed by atoms with Gasteiger partial charge in [0.05, 0.1) is 5.52 Å². The fraction of sp³-hybridized carbons (Fsp3) is 0.208. The van der Waals surface area contributed by atoms with E-state index in [1.54, 1.807) is 6.08 Å². The predicted octanol–water partition coefficient (Wildman–Crippen LogP) is 5.18. The summed E-state index contributed by atoms with van der Waals surface area (Å²) in [6.07, 6.45) is 14.4. The average Bonchev–Trinajstić information content (AvgIpc) is 2.75. The van der Waals surface area contributed by atoms with Crippen molar-refractivity contribution in [3.05, 3.63) is 66.0 Å². The monoisotopic (exact) mass is 382 g/mol. The van der Waals surface area contributed by atoms with Crippen molar-refractivity contribution in [1.29, 1.82) is 0 Å². The molecule has 1 aliphatic rings. The first-order valence-corrected chi connectivity index (χ1v) is 9.80. The number of fused-ring (bicyclic) bond motifs is 1. The third-order valence-corrected chi connectivity index (χ3v) is 5.03. The number of allylic oxidation sites excluding steroid dienone is 1. The van der Waals surface area contributed by atoms with Crippen LogP contribution in [0.25, 0.3) is 10.9 Å². The molecule has 1 heterocycles. The zero-order valence-electron chi connectivity index (χ0n) is 16.1. The molecule has 3 aromatic rings. The number of terminal acetylenes is 1. The first kappa shape index (κ1) is 18.7. The second-order valence-electron chi connectivity index (χ2n) is 7.16. The Morgan fingerprint density at radius 1 is 1.03 bits per heavy atom. The number of carbonyl (C=O) groups excluding carboxylic acids is 1. The van der Waals surface area contributed by atoms with Gasteiger partial charge in [0, 0.05) is 28.4 Å². The fourth-order valence-corrected chi connectivity index (χ4v) is 3.57. The van der Waals surface area contributed by atoms with Crippen LogP contribution in [0.5, 0.6) is 0 Å². The number of anilines is 3.